The van der Waals surface area contributed by atoms with Gasteiger partial charge in [-0.3, -0.25) is 4.21 Å². The summed E-state index contributed by atoms with van der Waals surface area (Å²) in [6.07, 6.45) is 1.63. The number of rotatable bonds is 6. The number of hydrogen-bond acceptors (Lipinski definition) is 3. The van der Waals surface area contributed by atoms with Gasteiger partial charge in [0.15, 0.2) is 5.75 Å². The summed E-state index contributed by atoms with van der Waals surface area (Å²) in [5, 5.41) is 2.85. The molecule has 0 saturated carbocycles. The molecule has 128 valence electrons. The maximum atomic E-state index is 12.4. The van der Waals surface area contributed by atoms with E-state index in [9.17, 15) is 9.00 Å². The summed E-state index contributed by atoms with van der Waals surface area (Å²) in [5.74, 6) is 1.70. The Labute approximate surface area is 145 Å². The molecule has 0 heterocycles. The Morgan fingerprint density at radius 2 is 1.79 bits per heavy atom. The lowest BCUT2D eigenvalue weighted by molar-refractivity contribution is 0.212. The maximum Gasteiger partial charge on any atom is 0.321 e. The van der Waals surface area contributed by atoms with Gasteiger partial charge in [0.25, 0.3) is 0 Å². The smallest absolute Gasteiger partial charge is 0.321 e. The fraction of sp³-hybridized carbons (Fsp3) is 0.278. The van der Waals surface area contributed by atoms with Gasteiger partial charge in [-0.1, -0.05) is 30.3 Å². The fourth-order valence-electron chi connectivity index (χ4n) is 2.13. The van der Waals surface area contributed by atoms with Gasteiger partial charge in [0.1, 0.15) is 5.75 Å². The molecule has 0 aliphatic rings. The highest BCUT2D eigenvalue weighted by molar-refractivity contribution is 7.84. The first kappa shape index (κ1) is 18.0. The van der Waals surface area contributed by atoms with E-state index in [1.165, 1.54) is 0 Å². The number of nitrogens with one attached hydrogen (secondary N) is 1. The molecule has 0 fully saturated rings. The van der Waals surface area contributed by atoms with Crippen LogP contribution in [0, 0.1) is 0 Å². The topological polar surface area (TPSA) is 58.6 Å². The SMILES string of the molecule is C[C@H](C[S@](C)=O)N(C)C(=O)Nc1ccccc1Oc1ccccc1. The van der Waals surface area contributed by atoms with Gasteiger partial charge in [0.05, 0.1) is 5.69 Å². The number of para-hydroxylation sites is 3. The van der Waals surface area contributed by atoms with Gasteiger partial charge in [-0.25, -0.2) is 4.79 Å². The fourth-order valence-corrected chi connectivity index (χ4v) is 3.03. The van der Waals surface area contributed by atoms with E-state index < -0.39 is 10.8 Å². The van der Waals surface area contributed by atoms with Gasteiger partial charge >= 0.3 is 6.03 Å². The molecule has 2 amide bonds. The molecule has 2 aromatic rings. The number of urea groups is 1. The maximum absolute atomic E-state index is 12.4. The minimum absolute atomic E-state index is 0.127. The minimum Gasteiger partial charge on any atom is -0.455 e. The van der Waals surface area contributed by atoms with Crippen molar-refractivity contribution in [3.05, 3.63) is 54.6 Å². The number of ether oxygens (including phenoxy) is 1. The minimum atomic E-state index is -0.957. The zero-order valence-electron chi connectivity index (χ0n) is 14.1. The molecular weight excluding hydrogens is 324 g/mol. The van der Waals surface area contributed by atoms with Gasteiger partial charge in [-0.05, 0) is 31.2 Å². The predicted octanol–water partition coefficient (Wildman–Crippen LogP) is 3.71. The highest BCUT2D eigenvalue weighted by Crippen LogP contribution is 2.29. The van der Waals surface area contributed by atoms with Crippen LogP contribution in [0.2, 0.25) is 0 Å². The Kier molecular flexibility index (Phi) is 6.37. The molecule has 2 atom stereocenters. The standard InChI is InChI=1S/C18H22N2O3S/c1-14(13-24(3)22)20(2)18(21)19-16-11-7-8-12-17(16)23-15-9-5-4-6-10-15/h4-12,14H,13H2,1-3H3,(H,19,21)/t14-,24+/m1/s1. The molecule has 2 rings (SSSR count). The number of nitrogens with zero attached hydrogens (tertiary/aromatic N) is 1. The van der Waals surface area contributed by atoms with Crippen molar-refractivity contribution < 1.29 is 13.7 Å². The Hall–Kier alpha value is -2.34. The Balaban J connectivity index is 2.09. The number of carbonyl (C=O) groups is 1. The average Bonchev–Trinajstić information content (AvgIpc) is 2.56. The quantitative estimate of drug-likeness (QED) is 0.867. The molecule has 0 unspecified atom stereocenters. The molecular formula is C18H22N2O3S. The van der Waals surface area contributed by atoms with Crippen molar-refractivity contribution in [1.29, 1.82) is 0 Å². The molecule has 0 aromatic heterocycles. The number of hydrogen-bond donors (Lipinski definition) is 1. The summed E-state index contributed by atoms with van der Waals surface area (Å²) in [5.41, 5.74) is 0.586. The average molecular weight is 346 g/mol. The number of carbonyl (C=O) groups excluding carboxylic acids is 1. The van der Waals surface area contributed by atoms with E-state index in [2.05, 4.69) is 5.32 Å². The lowest BCUT2D eigenvalue weighted by Crippen LogP contribution is -2.40. The zero-order valence-corrected chi connectivity index (χ0v) is 14.9. The van der Waals surface area contributed by atoms with Gasteiger partial charge in [-0.2, -0.15) is 0 Å². The van der Waals surface area contributed by atoms with E-state index >= 15 is 0 Å². The first-order valence-electron chi connectivity index (χ1n) is 7.63. The third kappa shape index (κ3) is 5.09. The molecule has 0 aliphatic heterocycles. The van der Waals surface area contributed by atoms with E-state index in [-0.39, 0.29) is 12.1 Å². The van der Waals surface area contributed by atoms with E-state index in [1.54, 1.807) is 30.3 Å². The number of anilines is 1. The van der Waals surface area contributed by atoms with Gasteiger partial charge in [-0.15, -0.1) is 0 Å². The molecule has 0 saturated heterocycles. The third-order valence-corrected chi connectivity index (χ3v) is 4.51. The van der Waals surface area contributed by atoms with Crippen molar-refractivity contribution in [2.24, 2.45) is 0 Å². The summed E-state index contributed by atoms with van der Waals surface area (Å²) in [4.78, 5) is 13.9. The van der Waals surface area contributed by atoms with Crippen LogP contribution in [0.4, 0.5) is 10.5 Å². The van der Waals surface area contributed by atoms with Crippen molar-refractivity contribution in [3.8, 4) is 11.5 Å². The van der Waals surface area contributed by atoms with Crippen LogP contribution in [0.5, 0.6) is 11.5 Å². The monoisotopic (exact) mass is 346 g/mol. The summed E-state index contributed by atoms with van der Waals surface area (Å²) in [7, 11) is 0.731. The second-order valence-corrected chi connectivity index (χ2v) is 7.02. The summed E-state index contributed by atoms with van der Waals surface area (Å²) in [6, 6.07) is 16.3. The van der Waals surface area contributed by atoms with E-state index in [1.807, 2.05) is 49.4 Å². The molecule has 0 aliphatic carbocycles. The summed E-state index contributed by atoms with van der Waals surface area (Å²) >= 11 is 0. The first-order chi connectivity index (χ1) is 11.5. The van der Waals surface area contributed by atoms with Gasteiger partial charge in [0, 0.05) is 35.9 Å². The zero-order chi connectivity index (χ0) is 17.5. The van der Waals surface area contributed by atoms with Crippen LogP contribution in [0.25, 0.3) is 0 Å². The van der Waals surface area contributed by atoms with Crippen LogP contribution >= 0.6 is 0 Å². The first-order valence-corrected chi connectivity index (χ1v) is 9.36. The molecule has 1 N–H and O–H groups in total. The van der Waals surface area contributed by atoms with Crippen molar-refractivity contribution in [2.75, 3.05) is 24.4 Å². The van der Waals surface area contributed by atoms with E-state index in [4.69, 9.17) is 4.74 Å². The lowest BCUT2D eigenvalue weighted by atomic mass is 10.3. The molecule has 0 radical (unpaired) electrons. The van der Waals surface area contributed by atoms with Crippen LogP contribution in [0.3, 0.4) is 0 Å². The molecule has 24 heavy (non-hydrogen) atoms. The van der Waals surface area contributed by atoms with Crippen LogP contribution < -0.4 is 10.1 Å². The second-order valence-electron chi connectivity index (χ2n) is 5.54. The summed E-state index contributed by atoms with van der Waals surface area (Å²) in [6.45, 7) is 1.87. The largest absolute Gasteiger partial charge is 0.455 e. The van der Waals surface area contributed by atoms with E-state index in [0.29, 0.717) is 22.9 Å². The normalized spacial score (nSPS) is 13.0. The highest BCUT2D eigenvalue weighted by atomic mass is 32.2. The number of benzene rings is 2. The summed E-state index contributed by atoms with van der Waals surface area (Å²) < 4.78 is 17.2. The van der Waals surface area contributed by atoms with Crippen molar-refractivity contribution in [3.63, 3.8) is 0 Å². The predicted molar refractivity (Wildman–Crippen MR) is 98.1 cm³/mol. The van der Waals surface area contributed by atoms with Crippen molar-refractivity contribution in [1.82, 2.24) is 4.90 Å². The molecule has 2 aromatic carbocycles. The Morgan fingerprint density at radius 3 is 2.46 bits per heavy atom. The van der Waals surface area contributed by atoms with Crippen LogP contribution in [-0.4, -0.2) is 40.2 Å². The van der Waals surface area contributed by atoms with E-state index in [0.717, 1.165) is 0 Å². The van der Waals surface area contributed by atoms with Crippen LogP contribution in [0.1, 0.15) is 6.92 Å². The molecule has 0 bridgehead atoms. The Morgan fingerprint density at radius 1 is 1.17 bits per heavy atom. The second kappa shape index (κ2) is 8.49. The molecule has 5 nitrogen and oxygen atoms in total. The lowest BCUT2D eigenvalue weighted by Gasteiger charge is -2.25. The van der Waals surface area contributed by atoms with Crippen LogP contribution in [0.15, 0.2) is 54.6 Å². The molecule has 0 spiro atoms. The van der Waals surface area contributed by atoms with Crippen molar-refractivity contribution >= 4 is 22.5 Å². The molecule has 6 heteroatoms. The van der Waals surface area contributed by atoms with Crippen LogP contribution in [-0.2, 0) is 10.8 Å². The number of amides is 2. The van der Waals surface area contributed by atoms with Gasteiger partial charge in [0.2, 0.25) is 0 Å². The highest BCUT2D eigenvalue weighted by Gasteiger charge is 2.18. The van der Waals surface area contributed by atoms with Crippen molar-refractivity contribution in [2.45, 2.75) is 13.0 Å². The van der Waals surface area contributed by atoms with Gasteiger partial charge < -0.3 is 15.0 Å². The Bertz CT molecular complexity index is 706. The third-order valence-electron chi connectivity index (χ3n) is 3.56.